The lowest BCUT2D eigenvalue weighted by Crippen LogP contribution is -2.34. The van der Waals surface area contributed by atoms with Gasteiger partial charge in [-0.15, -0.1) is 0 Å². The van der Waals surface area contributed by atoms with E-state index in [2.05, 4.69) is 5.32 Å². The van der Waals surface area contributed by atoms with Crippen LogP contribution in [0.4, 0.5) is 11.4 Å². The molecule has 1 rings (SSSR count). The number of benzene rings is 1. The minimum Gasteiger partial charge on any atom is -0.393 e. The van der Waals surface area contributed by atoms with Gasteiger partial charge in [0.2, 0.25) is 0 Å². The molecule has 8 nitrogen and oxygen atoms in total. The van der Waals surface area contributed by atoms with E-state index in [1.807, 2.05) is 11.9 Å². The van der Waals surface area contributed by atoms with E-state index in [9.17, 15) is 14.9 Å². The molecule has 0 aliphatic carbocycles. The highest BCUT2D eigenvalue weighted by atomic mass is 16.6. The van der Waals surface area contributed by atoms with Crippen LogP contribution in [0.25, 0.3) is 0 Å². The van der Waals surface area contributed by atoms with Gasteiger partial charge in [0.25, 0.3) is 11.6 Å². The summed E-state index contributed by atoms with van der Waals surface area (Å²) in [6.45, 7) is 2.43. The summed E-state index contributed by atoms with van der Waals surface area (Å²) < 4.78 is 4.95. The molecular formula is C13H20N4O4. The summed E-state index contributed by atoms with van der Waals surface area (Å²) >= 11 is 0. The highest BCUT2D eigenvalue weighted by Gasteiger charge is 2.18. The van der Waals surface area contributed by atoms with Crippen molar-refractivity contribution < 1.29 is 14.5 Å². The Morgan fingerprint density at radius 1 is 1.48 bits per heavy atom. The van der Waals surface area contributed by atoms with E-state index in [4.69, 9.17) is 10.5 Å². The zero-order valence-electron chi connectivity index (χ0n) is 12.2. The van der Waals surface area contributed by atoms with Gasteiger partial charge in [0.15, 0.2) is 0 Å². The van der Waals surface area contributed by atoms with E-state index in [1.54, 1.807) is 7.11 Å². The summed E-state index contributed by atoms with van der Waals surface area (Å²) in [6.07, 6.45) is 0. The fourth-order valence-electron chi connectivity index (χ4n) is 1.72. The molecule has 0 unspecified atom stereocenters. The third-order valence-corrected chi connectivity index (χ3v) is 2.98. The number of nitrogens with one attached hydrogen (secondary N) is 1. The van der Waals surface area contributed by atoms with Crippen molar-refractivity contribution >= 4 is 17.3 Å². The number of hydrogen-bond donors (Lipinski definition) is 2. The lowest BCUT2D eigenvalue weighted by molar-refractivity contribution is -0.383. The van der Waals surface area contributed by atoms with Gasteiger partial charge in [-0.2, -0.15) is 0 Å². The molecular weight excluding hydrogens is 276 g/mol. The van der Waals surface area contributed by atoms with Gasteiger partial charge in [-0.05, 0) is 13.1 Å². The number of carbonyl (C=O) groups excluding carboxylic acids is 1. The predicted molar refractivity (Wildman–Crippen MR) is 79.2 cm³/mol. The highest BCUT2D eigenvalue weighted by molar-refractivity contribution is 6.00. The summed E-state index contributed by atoms with van der Waals surface area (Å²) in [5.41, 5.74) is 5.39. The average Bonchev–Trinajstić information content (AvgIpc) is 2.44. The molecule has 0 aliphatic heterocycles. The number of hydrogen-bond acceptors (Lipinski definition) is 6. The normalized spacial score (nSPS) is 10.6. The van der Waals surface area contributed by atoms with Crippen LogP contribution < -0.4 is 11.1 Å². The number of nitro groups is 1. The fraction of sp³-hybridized carbons (Fsp3) is 0.462. The van der Waals surface area contributed by atoms with Crippen molar-refractivity contribution in [2.24, 2.45) is 0 Å². The topological polar surface area (TPSA) is 111 Å². The highest BCUT2D eigenvalue weighted by Crippen LogP contribution is 2.24. The van der Waals surface area contributed by atoms with Crippen LogP contribution in [0.15, 0.2) is 18.2 Å². The third-order valence-electron chi connectivity index (χ3n) is 2.98. The van der Waals surface area contributed by atoms with E-state index in [-0.39, 0.29) is 16.9 Å². The number of methoxy groups -OCH3 is 1. The van der Waals surface area contributed by atoms with Crippen molar-refractivity contribution in [1.82, 2.24) is 10.2 Å². The number of para-hydroxylation sites is 1. The minimum atomic E-state index is -0.607. The van der Waals surface area contributed by atoms with Gasteiger partial charge in [-0.3, -0.25) is 14.9 Å². The Kier molecular flexibility index (Phi) is 6.57. The first-order chi connectivity index (χ1) is 9.97. The molecule has 0 radical (unpaired) electrons. The average molecular weight is 296 g/mol. The smallest absolute Gasteiger partial charge is 0.292 e. The number of nitrogen functional groups attached to an aromatic ring is 1. The second-order valence-electron chi connectivity index (χ2n) is 4.55. The fourth-order valence-corrected chi connectivity index (χ4v) is 1.72. The lowest BCUT2D eigenvalue weighted by Gasteiger charge is -2.16. The van der Waals surface area contributed by atoms with E-state index in [0.29, 0.717) is 19.7 Å². The number of carbonyl (C=O) groups is 1. The van der Waals surface area contributed by atoms with E-state index in [1.165, 1.54) is 18.2 Å². The monoisotopic (exact) mass is 296 g/mol. The third kappa shape index (κ3) is 5.01. The zero-order chi connectivity index (χ0) is 15.8. The largest absolute Gasteiger partial charge is 0.393 e. The van der Waals surface area contributed by atoms with Crippen LogP contribution in [-0.2, 0) is 4.74 Å². The van der Waals surface area contributed by atoms with E-state index < -0.39 is 10.8 Å². The molecule has 0 saturated carbocycles. The van der Waals surface area contributed by atoms with Crippen molar-refractivity contribution in [1.29, 1.82) is 0 Å². The molecule has 0 atom stereocenters. The minimum absolute atomic E-state index is 0.115. The van der Waals surface area contributed by atoms with Crippen LogP contribution in [0, 0.1) is 10.1 Å². The standard InChI is InChI=1S/C13H20N4O4/c1-16(8-9-21-2)7-6-15-13(18)10-4-3-5-11(12(10)14)17(19)20/h3-5H,6-9,14H2,1-2H3,(H,15,18). The van der Waals surface area contributed by atoms with Crippen LogP contribution in [0.3, 0.4) is 0 Å². The van der Waals surface area contributed by atoms with Crippen LogP contribution >= 0.6 is 0 Å². The van der Waals surface area contributed by atoms with Crippen molar-refractivity contribution in [3.8, 4) is 0 Å². The number of nitro benzene ring substituents is 1. The maximum atomic E-state index is 12.0. The molecule has 8 heteroatoms. The number of nitrogens with two attached hydrogens (primary N) is 1. The van der Waals surface area contributed by atoms with Crippen LogP contribution in [-0.4, -0.2) is 56.1 Å². The molecule has 0 heterocycles. The first-order valence-electron chi connectivity index (χ1n) is 6.46. The summed E-state index contributed by atoms with van der Waals surface area (Å²) in [6, 6.07) is 4.17. The Hall–Kier alpha value is -2.19. The predicted octanol–water partition coefficient (Wildman–Crippen LogP) is 0.485. The lowest BCUT2D eigenvalue weighted by atomic mass is 10.1. The molecule has 0 saturated heterocycles. The Balaban J connectivity index is 2.57. The second kappa shape index (κ2) is 8.18. The van der Waals surface area contributed by atoms with E-state index in [0.717, 1.165) is 6.54 Å². The molecule has 116 valence electrons. The Labute approximate surface area is 123 Å². The molecule has 21 heavy (non-hydrogen) atoms. The Morgan fingerprint density at radius 2 is 2.19 bits per heavy atom. The summed E-state index contributed by atoms with van der Waals surface area (Å²) in [7, 11) is 3.54. The maximum absolute atomic E-state index is 12.0. The molecule has 3 N–H and O–H groups in total. The molecule has 0 bridgehead atoms. The Bertz CT molecular complexity index is 507. The van der Waals surface area contributed by atoms with Crippen LogP contribution in [0.5, 0.6) is 0 Å². The quantitative estimate of drug-likeness (QED) is 0.410. The van der Waals surface area contributed by atoms with Crippen LogP contribution in [0.2, 0.25) is 0 Å². The van der Waals surface area contributed by atoms with Gasteiger partial charge in [-0.25, -0.2) is 0 Å². The number of anilines is 1. The van der Waals surface area contributed by atoms with Gasteiger partial charge < -0.3 is 20.7 Å². The summed E-state index contributed by atoms with van der Waals surface area (Å²) in [5.74, 6) is -0.420. The molecule has 0 aromatic heterocycles. The van der Waals surface area contributed by atoms with Gasteiger partial charge in [0.05, 0.1) is 17.1 Å². The van der Waals surface area contributed by atoms with Crippen molar-refractivity contribution in [2.75, 3.05) is 46.1 Å². The number of nitrogens with zero attached hydrogens (tertiary/aromatic N) is 2. The SMILES string of the molecule is COCCN(C)CCNC(=O)c1cccc([N+](=O)[O-])c1N. The number of likely N-dealkylation sites (N-methyl/N-ethyl adjacent to an activating group) is 1. The maximum Gasteiger partial charge on any atom is 0.292 e. The van der Waals surface area contributed by atoms with Crippen molar-refractivity contribution in [3.63, 3.8) is 0 Å². The number of amides is 1. The molecule has 0 spiro atoms. The van der Waals surface area contributed by atoms with E-state index >= 15 is 0 Å². The van der Waals surface area contributed by atoms with Gasteiger partial charge in [0, 0.05) is 32.8 Å². The molecule has 0 aliphatic rings. The van der Waals surface area contributed by atoms with Crippen molar-refractivity contribution in [3.05, 3.63) is 33.9 Å². The number of rotatable bonds is 8. The van der Waals surface area contributed by atoms with Crippen LogP contribution in [0.1, 0.15) is 10.4 Å². The number of ether oxygens (including phenoxy) is 1. The first-order valence-corrected chi connectivity index (χ1v) is 6.46. The van der Waals surface area contributed by atoms with Gasteiger partial charge >= 0.3 is 0 Å². The second-order valence-corrected chi connectivity index (χ2v) is 4.55. The van der Waals surface area contributed by atoms with Gasteiger partial charge in [0.1, 0.15) is 5.69 Å². The molecule has 1 aromatic rings. The molecule has 0 fully saturated rings. The van der Waals surface area contributed by atoms with Gasteiger partial charge in [-0.1, -0.05) is 6.07 Å². The molecule has 1 amide bonds. The van der Waals surface area contributed by atoms with Crippen molar-refractivity contribution in [2.45, 2.75) is 0 Å². The Morgan fingerprint density at radius 3 is 2.81 bits per heavy atom. The summed E-state index contributed by atoms with van der Waals surface area (Å²) in [4.78, 5) is 24.1. The summed E-state index contributed by atoms with van der Waals surface area (Å²) in [5, 5.41) is 13.5. The zero-order valence-corrected chi connectivity index (χ0v) is 12.2. The molecule has 1 aromatic carbocycles. The first kappa shape index (κ1) is 16.9.